The number of fused-ring (bicyclic) bond motifs is 1. The zero-order valence-electron chi connectivity index (χ0n) is 21.5. The lowest BCUT2D eigenvalue weighted by atomic mass is 9.94. The summed E-state index contributed by atoms with van der Waals surface area (Å²) in [6.07, 6.45) is 5.98. The van der Waals surface area contributed by atoms with E-state index in [1.54, 1.807) is 0 Å². The molecule has 4 aromatic rings. The zero-order valence-corrected chi connectivity index (χ0v) is 21.5. The van der Waals surface area contributed by atoms with Gasteiger partial charge < -0.3 is 13.8 Å². The number of hydrogen-bond acceptors (Lipinski definition) is 5. The van der Waals surface area contributed by atoms with Crippen molar-refractivity contribution in [2.45, 2.75) is 64.5 Å². The first-order valence-electron chi connectivity index (χ1n) is 13.2. The third-order valence-corrected chi connectivity index (χ3v) is 7.80. The minimum absolute atomic E-state index is 0.130. The number of imidazole rings is 1. The molecule has 1 saturated carbocycles. The molecule has 2 aliphatic rings. The summed E-state index contributed by atoms with van der Waals surface area (Å²) in [6, 6.07) is 9.51. The molecule has 0 radical (unpaired) electrons. The third kappa shape index (κ3) is 4.28. The smallest absolute Gasteiger partial charge is 0.253 e. The summed E-state index contributed by atoms with van der Waals surface area (Å²) < 4.78 is 41.4. The highest BCUT2D eigenvalue weighted by Gasteiger charge is 2.35. The number of ether oxygens (including phenoxy) is 1. The number of aryl methyl sites for hydroxylation is 2. The van der Waals surface area contributed by atoms with Gasteiger partial charge in [-0.05, 0) is 62.9 Å². The Labute approximate surface area is 219 Å². The fraction of sp³-hybridized carbons (Fsp3) is 0.414. The molecule has 2 aromatic carbocycles. The first-order chi connectivity index (χ1) is 18.4. The average Bonchev–Trinajstić information content (AvgIpc) is 3.39. The van der Waals surface area contributed by atoms with Crippen molar-refractivity contribution >= 4 is 22.6 Å². The van der Waals surface area contributed by atoms with E-state index in [0.29, 0.717) is 18.7 Å². The van der Waals surface area contributed by atoms with Crippen molar-refractivity contribution in [2.24, 2.45) is 0 Å². The van der Waals surface area contributed by atoms with E-state index in [-0.39, 0.29) is 18.6 Å². The van der Waals surface area contributed by atoms with E-state index in [9.17, 15) is 13.6 Å². The Hall–Kier alpha value is -3.59. The predicted octanol–water partition coefficient (Wildman–Crippen LogP) is 6.59. The average molecular weight is 521 g/mol. The second-order valence-electron chi connectivity index (χ2n) is 10.3. The molecule has 2 aromatic heterocycles. The number of rotatable bonds is 4. The second-order valence-corrected chi connectivity index (χ2v) is 10.3. The molecule has 198 valence electrons. The molecule has 1 atom stereocenters. The second kappa shape index (κ2) is 9.94. The van der Waals surface area contributed by atoms with Crippen LogP contribution >= 0.6 is 0 Å². The summed E-state index contributed by atoms with van der Waals surface area (Å²) in [5.41, 5.74) is 4.82. The Kier molecular flexibility index (Phi) is 6.47. The molecule has 1 aliphatic carbocycles. The van der Waals surface area contributed by atoms with Gasteiger partial charge in [-0.3, -0.25) is 9.69 Å². The molecule has 1 saturated heterocycles. The van der Waals surface area contributed by atoms with Gasteiger partial charge in [-0.1, -0.05) is 30.5 Å². The first-order valence-corrected chi connectivity index (χ1v) is 13.2. The number of hydrogen-bond donors (Lipinski definition) is 0. The molecule has 0 bridgehead atoms. The van der Waals surface area contributed by atoms with Crippen LogP contribution in [-0.4, -0.2) is 33.8 Å². The molecule has 1 amide bonds. The van der Waals surface area contributed by atoms with Crippen LogP contribution in [0, 0.1) is 25.5 Å². The topological polar surface area (TPSA) is 73.4 Å². The maximum Gasteiger partial charge on any atom is 0.253 e. The van der Waals surface area contributed by atoms with Gasteiger partial charge in [0.05, 0.1) is 22.8 Å². The molecule has 6 rings (SSSR count). The lowest BCUT2D eigenvalue weighted by molar-refractivity contribution is -0.122. The number of halogens is 2. The summed E-state index contributed by atoms with van der Waals surface area (Å²) in [4.78, 5) is 20.0. The number of aromatic nitrogens is 3. The standard InChI is InChI=1S/C29H30F2N4O3/c1-17-28(18(2)38-33-17)19-8-11-25-24(14-19)32-29(35(25)20-6-4-3-5-7-20)26-12-13-37-16-27(36)34(26)21-9-10-22(30)23(31)15-21/h8-11,14-15,20,26H,3-7,12-13,16H2,1-2H3/t26-/m0/s1. The van der Waals surface area contributed by atoms with Gasteiger partial charge in [0.2, 0.25) is 0 Å². The molecule has 7 nitrogen and oxygen atoms in total. The molecule has 3 heterocycles. The van der Waals surface area contributed by atoms with Gasteiger partial charge in [0.25, 0.3) is 5.91 Å². The van der Waals surface area contributed by atoms with Gasteiger partial charge in [-0.2, -0.15) is 0 Å². The Balaban J connectivity index is 1.54. The maximum absolute atomic E-state index is 14.3. The van der Waals surface area contributed by atoms with Crippen LogP contribution in [0.2, 0.25) is 0 Å². The van der Waals surface area contributed by atoms with Gasteiger partial charge in [0, 0.05) is 30.0 Å². The van der Waals surface area contributed by atoms with Gasteiger partial charge in [-0.15, -0.1) is 0 Å². The lowest BCUT2D eigenvalue weighted by Gasteiger charge is -2.32. The van der Waals surface area contributed by atoms with Crippen molar-refractivity contribution in [3.63, 3.8) is 0 Å². The van der Waals surface area contributed by atoms with Gasteiger partial charge in [-0.25, -0.2) is 13.8 Å². The molecule has 2 fully saturated rings. The summed E-state index contributed by atoms with van der Waals surface area (Å²) in [5.74, 6) is -0.775. The summed E-state index contributed by atoms with van der Waals surface area (Å²) in [7, 11) is 0. The molecule has 38 heavy (non-hydrogen) atoms. The van der Waals surface area contributed by atoms with Crippen LogP contribution in [-0.2, 0) is 9.53 Å². The molecule has 1 aliphatic heterocycles. The first kappa shape index (κ1) is 24.7. The third-order valence-electron chi connectivity index (χ3n) is 7.80. The predicted molar refractivity (Wildman–Crippen MR) is 139 cm³/mol. The number of amides is 1. The van der Waals surface area contributed by atoms with E-state index in [0.717, 1.165) is 77.3 Å². The SMILES string of the molecule is Cc1noc(C)c1-c1ccc2c(c1)nc([C@@H]1CCOCC(=O)N1c1ccc(F)c(F)c1)n2C1CCCCC1. The fourth-order valence-electron chi connectivity index (χ4n) is 6.06. The lowest BCUT2D eigenvalue weighted by Crippen LogP contribution is -2.37. The molecule has 0 spiro atoms. The minimum atomic E-state index is -0.996. The Morgan fingerprint density at radius 3 is 2.53 bits per heavy atom. The van der Waals surface area contributed by atoms with E-state index >= 15 is 0 Å². The van der Waals surface area contributed by atoms with Crippen LogP contribution < -0.4 is 4.90 Å². The van der Waals surface area contributed by atoms with Crippen molar-refractivity contribution in [3.05, 3.63) is 65.3 Å². The number of carbonyl (C=O) groups is 1. The zero-order chi connectivity index (χ0) is 26.4. The van der Waals surface area contributed by atoms with Crippen molar-refractivity contribution in [1.29, 1.82) is 0 Å². The highest BCUT2D eigenvalue weighted by atomic mass is 19.2. The molecular formula is C29H30F2N4O3. The highest BCUT2D eigenvalue weighted by molar-refractivity contribution is 5.95. The fourth-order valence-corrected chi connectivity index (χ4v) is 6.06. The largest absolute Gasteiger partial charge is 0.372 e. The van der Waals surface area contributed by atoms with E-state index in [4.69, 9.17) is 14.2 Å². The van der Waals surface area contributed by atoms with Gasteiger partial charge in [0.15, 0.2) is 11.6 Å². The Morgan fingerprint density at radius 1 is 0.974 bits per heavy atom. The Morgan fingerprint density at radius 2 is 1.79 bits per heavy atom. The van der Waals surface area contributed by atoms with Crippen molar-refractivity contribution in [3.8, 4) is 11.1 Å². The van der Waals surface area contributed by atoms with Crippen molar-refractivity contribution < 1.29 is 22.8 Å². The maximum atomic E-state index is 14.3. The van der Waals surface area contributed by atoms with E-state index < -0.39 is 17.7 Å². The van der Waals surface area contributed by atoms with E-state index in [2.05, 4.69) is 21.9 Å². The Bertz CT molecular complexity index is 1490. The summed E-state index contributed by atoms with van der Waals surface area (Å²) >= 11 is 0. The monoisotopic (exact) mass is 520 g/mol. The quantitative estimate of drug-likeness (QED) is 0.304. The molecular weight excluding hydrogens is 490 g/mol. The normalized spacial score (nSPS) is 19.3. The summed E-state index contributed by atoms with van der Waals surface area (Å²) in [5, 5.41) is 4.10. The number of anilines is 1. The van der Waals surface area contributed by atoms with Crippen LogP contribution in [0.1, 0.15) is 67.9 Å². The number of carbonyl (C=O) groups excluding carboxylic acids is 1. The van der Waals surface area contributed by atoms with Crippen LogP contribution in [0.25, 0.3) is 22.2 Å². The minimum Gasteiger partial charge on any atom is -0.372 e. The van der Waals surface area contributed by atoms with Crippen molar-refractivity contribution in [2.75, 3.05) is 18.1 Å². The van der Waals surface area contributed by atoms with Crippen molar-refractivity contribution in [1.82, 2.24) is 14.7 Å². The molecule has 0 N–H and O–H groups in total. The highest BCUT2D eigenvalue weighted by Crippen LogP contribution is 2.40. The van der Waals surface area contributed by atoms with E-state index in [1.165, 1.54) is 17.4 Å². The van der Waals surface area contributed by atoms with Crippen LogP contribution in [0.3, 0.4) is 0 Å². The summed E-state index contributed by atoms with van der Waals surface area (Å²) in [6.45, 7) is 4.03. The van der Waals surface area contributed by atoms with Crippen LogP contribution in [0.5, 0.6) is 0 Å². The van der Waals surface area contributed by atoms with Gasteiger partial charge in [0.1, 0.15) is 18.2 Å². The number of nitrogens with zero attached hydrogens (tertiary/aromatic N) is 4. The van der Waals surface area contributed by atoms with E-state index in [1.807, 2.05) is 19.9 Å². The molecule has 9 heteroatoms. The van der Waals surface area contributed by atoms with Gasteiger partial charge >= 0.3 is 0 Å². The van der Waals surface area contributed by atoms with Crippen LogP contribution in [0.15, 0.2) is 40.9 Å². The number of benzene rings is 2. The molecule has 0 unspecified atom stereocenters. The van der Waals surface area contributed by atoms with Crippen LogP contribution in [0.4, 0.5) is 14.5 Å².